The molecule has 3 rings (SSSR count). The monoisotopic (exact) mass is 366 g/mol. The molecule has 1 saturated heterocycles. The van der Waals surface area contributed by atoms with Gasteiger partial charge in [-0.2, -0.15) is 0 Å². The molecule has 0 spiro atoms. The largest absolute Gasteiger partial charge is 0.381 e. The van der Waals surface area contributed by atoms with Gasteiger partial charge in [-0.25, -0.2) is 0 Å². The summed E-state index contributed by atoms with van der Waals surface area (Å²) < 4.78 is 5.42. The van der Waals surface area contributed by atoms with Gasteiger partial charge in [0, 0.05) is 25.3 Å². The predicted octanol–water partition coefficient (Wildman–Crippen LogP) is 3.98. The van der Waals surface area contributed by atoms with Crippen LogP contribution in [0, 0.1) is 19.8 Å². The Morgan fingerprint density at radius 1 is 1.07 bits per heavy atom. The second kappa shape index (κ2) is 9.16. The molecular weight excluding hydrogens is 336 g/mol. The zero-order valence-corrected chi connectivity index (χ0v) is 16.4. The van der Waals surface area contributed by atoms with E-state index < -0.39 is 0 Å². The fourth-order valence-corrected chi connectivity index (χ4v) is 3.83. The molecule has 0 unspecified atom stereocenters. The Morgan fingerprint density at radius 3 is 2.37 bits per heavy atom. The molecule has 0 bridgehead atoms. The first-order chi connectivity index (χ1) is 13.0. The average molecular weight is 367 g/mol. The van der Waals surface area contributed by atoms with Gasteiger partial charge < -0.3 is 15.8 Å². The van der Waals surface area contributed by atoms with E-state index in [-0.39, 0.29) is 5.91 Å². The second-order valence-corrected chi connectivity index (χ2v) is 7.56. The number of nitrogens with two attached hydrogens (primary N) is 1. The third kappa shape index (κ3) is 5.18. The summed E-state index contributed by atoms with van der Waals surface area (Å²) in [5.41, 5.74) is 11.9. The summed E-state index contributed by atoms with van der Waals surface area (Å²) in [6.07, 6.45) is 3.62. The molecule has 4 heteroatoms. The molecular formula is C23H30N2O2. The van der Waals surface area contributed by atoms with Gasteiger partial charge in [0.25, 0.3) is 0 Å². The summed E-state index contributed by atoms with van der Waals surface area (Å²) >= 11 is 0. The van der Waals surface area contributed by atoms with Gasteiger partial charge in [-0.3, -0.25) is 4.79 Å². The van der Waals surface area contributed by atoms with Crippen molar-refractivity contribution in [1.82, 2.24) is 5.32 Å². The molecule has 0 radical (unpaired) electrons. The number of ether oxygens (including phenoxy) is 1. The fourth-order valence-electron chi connectivity index (χ4n) is 3.83. The SMILES string of the molecule is Cc1cc(CNCCC2CCOCC2)ccc1-c1ccc(C(N)=O)cc1C. The van der Waals surface area contributed by atoms with E-state index in [9.17, 15) is 4.79 Å². The smallest absolute Gasteiger partial charge is 0.248 e. The molecule has 1 aliphatic rings. The number of nitrogens with one attached hydrogen (secondary N) is 1. The van der Waals surface area contributed by atoms with Crippen molar-refractivity contribution in [3.8, 4) is 11.1 Å². The fraction of sp³-hybridized carbons (Fsp3) is 0.435. The van der Waals surface area contributed by atoms with Gasteiger partial charge in [-0.05, 0) is 85.5 Å². The number of rotatable bonds is 7. The van der Waals surface area contributed by atoms with Crippen molar-refractivity contribution in [3.05, 3.63) is 58.7 Å². The molecule has 1 heterocycles. The van der Waals surface area contributed by atoms with Crippen molar-refractivity contribution in [1.29, 1.82) is 0 Å². The quantitative estimate of drug-likeness (QED) is 0.729. The zero-order chi connectivity index (χ0) is 19.2. The molecule has 2 aromatic rings. The third-order valence-electron chi connectivity index (χ3n) is 5.49. The van der Waals surface area contributed by atoms with Crippen LogP contribution in [0.25, 0.3) is 11.1 Å². The molecule has 4 nitrogen and oxygen atoms in total. The number of amides is 1. The van der Waals surface area contributed by atoms with Crippen molar-refractivity contribution < 1.29 is 9.53 Å². The Morgan fingerprint density at radius 2 is 1.74 bits per heavy atom. The van der Waals surface area contributed by atoms with Crippen molar-refractivity contribution in [2.24, 2.45) is 11.7 Å². The van der Waals surface area contributed by atoms with Gasteiger partial charge in [0.2, 0.25) is 5.91 Å². The molecule has 0 aromatic heterocycles. The van der Waals surface area contributed by atoms with Gasteiger partial charge in [-0.1, -0.05) is 24.3 Å². The Bertz CT molecular complexity index is 795. The van der Waals surface area contributed by atoms with Crippen LogP contribution < -0.4 is 11.1 Å². The van der Waals surface area contributed by atoms with Crippen LogP contribution in [0.15, 0.2) is 36.4 Å². The number of aryl methyl sites for hydroxylation is 2. The molecule has 1 amide bonds. The standard InChI is InChI=1S/C23H30N2O2/c1-16-13-19(15-25-10-7-18-8-11-27-12-9-18)3-5-21(16)22-6-4-20(23(24)26)14-17(22)2/h3-6,13-14,18,25H,7-12,15H2,1-2H3,(H2,24,26). The number of hydrogen-bond donors (Lipinski definition) is 2. The molecule has 144 valence electrons. The van der Waals surface area contributed by atoms with Gasteiger partial charge in [0.15, 0.2) is 0 Å². The normalized spacial score (nSPS) is 15.0. The number of primary amides is 1. The topological polar surface area (TPSA) is 64.3 Å². The second-order valence-electron chi connectivity index (χ2n) is 7.56. The highest BCUT2D eigenvalue weighted by Crippen LogP contribution is 2.28. The van der Waals surface area contributed by atoms with E-state index in [4.69, 9.17) is 10.5 Å². The summed E-state index contributed by atoms with van der Waals surface area (Å²) in [7, 11) is 0. The lowest BCUT2D eigenvalue weighted by Crippen LogP contribution is -2.22. The highest BCUT2D eigenvalue weighted by molar-refractivity contribution is 5.93. The first-order valence-electron chi connectivity index (χ1n) is 9.83. The minimum Gasteiger partial charge on any atom is -0.381 e. The summed E-state index contributed by atoms with van der Waals surface area (Å²) in [6, 6.07) is 12.3. The summed E-state index contributed by atoms with van der Waals surface area (Å²) in [4.78, 5) is 11.3. The Hall–Kier alpha value is -2.17. The molecule has 0 saturated carbocycles. The lowest BCUT2D eigenvalue weighted by atomic mass is 9.93. The molecule has 0 aliphatic carbocycles. The maximum atomic E-state index is 11.3. The van der Waals surface area contributed by atoms with Gasteiger partial charge in [-0.15, -0.1) is 0 Å². The molecule has 2 aromatic carbocycles. The molecule has 0 atom stereocenters. The molecule has 1 aliphatic heterocycles. The lowest BCUT2D eigenvalue weighted by molar-refractivity contribution is 0.0639. The van der Waals surface area contributed by atoms with Crippen molar-refractivity contribution in [2.45, 2.75) is 39.7 Å². The molecule has 27 heavy (non-hydrogen) atoms. The number of hydrogen-bond acceptors (Lipinski definition) is 3. The van der Waals surface area contributed by atoms with E-state index in [1.165, 1.54) is 36.0 Å². The summed E-state index contributed by atoms with van der Waals surface area (Å²) in [5.74, 6) is 0.422. The van der Waals surface area contributed by atoms with E-state index in [1.54, 1.807) is 6.07 Å². The van der Waals surface area contributed by atoms with Gasteiger partial charge in [0.1, 0.15) is 0 Å². The third-order valence-corrected chi connectivity index (χ3v) is 5.49. The first-order valence-corrected chi connectivity index (χ1v) is 9.83. The van der Waals surface area contributed by atoms with Crippen LogP contribution >= 0.6 is 0 Å². The van der Waals surface area contributed by atoms with Crippen LogP contribution in [-0.4, -0.2) is 25.7 Å². The van der Waals surface area contributed by atoms with E-state index in [0.717, 1.165) is 43.3 Å². The highest BCUT2D eigenvalue weighted by atomic mass is 16.5. The van der Waals surface area contributed by atoms with Crippen LogP contribution in [0.4, 0.5) is 0 Å². The van der Waals surface area contributed by atoms with Crippen LogP contribution in [0.3, 0.4) is 0 Å². The van der Waals surface area contributed by atoms with Gasteiger partial charge in [0.05, 0.1) is 0 Å². The minimum absolute atomic E-state index is 0.386. The maximum absolute atomic E-state index is 11.3. The highest BCUT2D eigenvalue weighted by Gasteiger charge is 2.13. The molecule has 3 N–H and O–H groups in total. The average Bonchev–Trinajstić information content (AvgIpc) is 2.66. The first kappa shape index (κ1) is 19.6. The van der Waals surface area contributed by atoms with Crippen LogP contribution in [-0.2, 0) is 11.3 Å². The number of benzene rings is 2. The Kier molecular flexibility index (Phi) is 6.64. The molecule has 1 fully saturated rings. The van der Waals surface area contributed by atoms with E-state index >= 15 is 0 Å². The van der Waals surface area contributed by atoms with Crippen molar-refractivity contribution >= 4 is 5.91 Å². The Balaban J connectivity index is 1.59. The maximum Gasteiger partial charge on any atom is 0.248 e. The van der Waals surface area contributed by atoms with Crippen molar-refractivity contribution in [3.63, 3.8) is 0 Å². The summed E-state index contributed by atoms with van der Waals surface area (Å²) in [6.45, 7) is 7.95. The van der Waals surface area contributed by atoms with E-state index in [1.807, 2.05) is 19.1 Å². The van der Waals surface area contributed by atoms with Crippen molar-refractivity contribution in [2.75, 3.05) is 19.8 Å². The van der Waals surface area contributed by atoms with Crippen LogP contribution in [0.1, 0.15) is 46.3 Å². The van der Waals surface area contributed by atoms with E-state index in [0.29, 0.717) is 5.56 Å². The predicted molar refractivity (Wildman–Crippen MR) is 110 cm³/mol. The minimum atomic E-state index is -0.386. The summed E-state index contributed by atoms with van der Waals surface area (Å²) in [5, 5.41) is 3.57. The zero-order valence-electron chi connectivity index (χ0n) is 16.4. The number of carbonyl (C=O) groups excluding carboxylic acids is 1. The van der Waals surface area contributed by atoms with Gasteiger partial charge >= 0.3 is 0 Å². The number of carbonyl (C=O) groups is 1. The van der Waals surface area contributed by atoms with E-state index in [2.05, 4.69) is 30.4 Å². The van der Waals surface area contributed by atoms with Crippen LogP contribution in [0.2, 0.25) is 0 Å². The van der Waals surface area contributed by atoms with Crippen LogP contribution in [0.5, 0.6) is 0 Å². The lowest BCUT2D eigenvalue weighted by Gasteiger charge is -2.22. The Labute approximate surface area is 162 Å².